The van der Waals surface area contributed by atoms with Crippen LogP contribution in [0.4, 0.5) is 22.0 Å². The maximum absolute atomic E-state index is 14.0. The van der Waals surface area contributed by atoms with E-state index in [2.05, 4.69) is 4.74 Å². The monoisotopic (exact) mass is 527 g/mol. The van der Waals surface area contributed by atoms with Gasteiger partial charge in [0.15, 0.2) is 27.2 Å². The Morgan fingerprint density at radius 2 is 1.81 bits per heavy atom. The van der Waals surface area contributed by atoms with E-state index in [1.165, 1.54) is 42.3 Å². The van der Waals surface area contributed by atoms with E-state index >= 15 is 0 Å². The van der Waals surface area contributed by atoms with E-state index < -0.39 is 41.9 Å². The van der Waals surface area contributed by atoms with Crippen LogP contribution in [-0.4, -0.2) is 78.0 Å². The van der Waals surface area contributed by atoms with Gasteiger partial charge in [0.05, 0.1) is 25.8 Å². The van der Waals surface area contributed by atoms with E-state index in [1.807, 2.05) is 0 Å². The smallest absolute Gasteiger partial charge is 0.493 e. The summed E-state index contributed by atoms with van der Waals surface area (Å²) in [5.74, 6) is -1.55. The van der Waals surface area contributed by atoms with Crippen molar-refractivity contribution < 1.29 is 50.4 Å². The first kappa shape index (κ1) is 27.2. The molecule has 0 spiro atoms. The third-order valence-corrected chi connectivity index (χ3v) is 6.17. The predicted molar refractivity (Wildman–Crippen MR) is 125 cm³/mol. The Bertz CT molecular complexity index is 1150. The summed E-state index contributed by atoms with van der Waals surface area (Å²) in [4.78, 5) is 14.9. The van der Waals surface area contributed by atoms with Gasteiger partial charge in [-0.05, 0) is 35.9 Å². The predicted octanol–water partition coefficient (Wildman–Crippen LogP) is 1.92. The van der Waals surface area contributed by atoms with E-state index in [9.17, 15) is 26.7 Å². The minimum atomic E-state index is -4.76. The van der Waals surface area contributed by atoms with Crippen LogP contribution in [-0.2, 0) is 19.8 Å². The van der Waals surface area contributed by atoms with E-state index in [1.54, 1.807) is 15.7 Å². The third-order valence-electron chi connectivity index (χ3n) is 6.17. The fraction of sp³-hybridized carbons (Fsp3) is 0.435. The van der Waals surface area contributed by atoms with Gasteiger partial charge in [0, 0.05) is 24.6 Å². The zero-order valence-electron chi connectivity index (χ0n) is 20.4. The number of amides is 1. The average molecular weight is 527 g/mol. The number of benzene rings is 2. The molecule has 0 aliphatic carbocycles. The first-order chi connectivity index (χ1) is 17.3. The van der Waals surface area contributed by atoms with Crippen LogP contribution >= 0.6 is 0 Å². The number of hydrogen-bond donors (Lipinski definition) is 0. The summed E-state index contributed by atoms with van der Waals surface area (Å²) in [7, 11) is 4.72. The molecule has 37 heavy (non-hydrogen) atoms. The lowest BCUT2D eigenvalue weighted by molar-refractivity contribution is -0.325. The summed E-state index contributed by atoms with van der Waals surface area (Å²) in [5.41, 5.74) is -1.65. The van der Waals surface area contributed by atoms with Gasteiger partial charge in [0.1, 0.15) is 29.9 Å². The molecule has 2 aromatic carbocycles. The Balaban J connectivity index is 1.50. The van der Waals surface area contributed by atoms with Crippen molar-refractivity contribution in [3.05, 3.63) is 59.2 Å². The molecule has 2 fully saturated rings. The molecule has 14 heteroatoms. The lowest BCUT2D eigenvalue weighted by Gasteiger charge is -2.42. The van der Waals surface area contributed by atoms with Gasteiger partial charge in [-0.15, -0.1) is 13.2 Å². The van der Waals surface area contributed by atoms with Crippen molar-refractivity contribution in [1.29, 1.82) is 0 Å². The molecule has 2 aliphatic rings. The molecule has 0 N–H and O–H groups in total. The molecule has 2 aromatic rings. The number of halogens is 5. The molecule has 0 radical (unpaired) electrons. The summed E-state index contributed by atoms with van der Waals surface area (Å²) in [6.45, 7) is -0.789. The second-order valence-electron chi connectivity index (χ2n) is 9.17. The summed E-state index contributed by atoms with van der Waals surface area (Å²) in [6.07, 6.45) is -5.23. The molecule has 0 saturated carbocycles. The van der Waals surface area contributed by atoms with Gasteiger partial charge in [0.2, 0.25) is 0 Å². The molecule has 0 bridgehead atoms. The van der Waals surface area contributed by atoms with Crippen molar-refractivity contribution in [3.8, 4) is 11.5 Å². The van der Waals surface area contributed by atoms with Gasteiger partial charge in [-0.2, -0.15) is 0 Å². The number of methoxy groups -OCH3 is 1. The van der Waals surface area contributed by atoms with Crippen LogP contribution in [0.5, 0.6) is 11.5 Å². The fourth-order valence-electron chi connectivity index (χ4n) is 4.74. The van der Waals surface area contributed by atoms with Crippen LogP contribution in [0.3, 0.4) is 0 Å². The zero-order chi connectivity index (χ0) is 27.0. The molecule has 7 nitrogen and oxygen atoms in total. The van der Waals surface area contributed by atoms with E-state index in [0.717, 1.165) is 6.07 Å². The van der Waals surface area contributed by atoms with Gasteiger partial charge < -0.3 is 23.8 Å². The molecule has 198 valence electrons. The minimum absolute atomic E-state index is 0.0930. The third kappa shape index (κ3) is 6.02. The SMILES string of the molecule is BC1(B)OC2CN(C(=O)c3ccc(OCCOC(F)(F)F)c(OC)c3)CC[C@]2(c2cc(F)cc(F)c2)O1. The van der Waals surface area contributed by atoms with Crippen LogP contribution in [0.1, 0.15) is 22.3 Å². The zero-order valence-corrected chi connectivity index (χ0v) is 20.4. The number of alkyl halides is 3. The maximum Gasteiger partial charge on any atom is 0.522 e. The highest BCUT2D eigenvalue weighted by atomic mass is 19.4. The summed E-state index contributed by atoms with van der Waals surface area (Å²) in [6, 6.07) is 7.50. The highest BCUT2D eigenvalue weighted by Gasteiger charge is 2.56. The van der Waals surface area contributed by atoms with Gasteiger partial charge in [-0.3, -0.25) is 9.53 Å². The second kappa shape index (κ2) is 10.1. The molecule has 1 unspecified atom stereocenters. The first-order valence-electron chi connectivity index (χ1n) is 11.5. The quantitative estimate of drug-likeness (QED) is 0.312. The number of ether oxygens (including phenoxy) is 5. The Morgan fingerprint density at radius 1 is 1.11 bits per heavy atom. The van der Waals surface area contributed by atoms with Gasteiger partial charge >= 0.3 is 6.36 Å². The number of likely N-dealkylation sites (tertiary alicyclic amines) is 1. The number of fused-ring (bicyclic) bond motifs is 1. The Labute approximate surface area is 211 Å². The van der Waals surface area contributed by atoms with Crippen molar-refractivity contribution in [1.82, 2.24) is 4.90 Å². The molecule has 2 heterocycles. The fourth-order valence-corrected chi connectivity index (χ4v) is 4.74. The topological polar surface area (TPSA) is 66.5 Å². The molecule has 2 atom stereocenters. The molecule has 4 rings (SSSR count). The van der Waals surface area contributed by atoms with Crippen LogP contribution in [0.2, 0.25) is 0 Å². The Morgan fingerprint density at radius 3 is 2.46 bits per heavy atom. The summed E-state index contributed by atoms with van der Waals surface area (Å²) >= 11 is 0. The molecule has 2 aliphatic heterocycles. The lowest BCUT2D eigenvalue weighted by Crippen LogP contribution is -2.53. The lowest BCUT2D eigenvalue weighted by atomic mass is 9.76. The number of piperidine rings is 1. The van der Waals surface area contributed by atoms with E-state index in [4.69, 9.17) is 18.9 Å². The molecular formula is C23H24B2F5NO6. The normalized spacial score (nSPS) is 23.0. The largest absolute Gasteiger partial charge is 0.522 e. The standard InChI is InChI=1S/C23H24B2F5NO6/c1-33-18-8-13(2-3-17(18)34-6-7-35-23(28,29)30)20(32)31-5-4-21(14-9-15(26)11-16(27)10-14)19(12-31)36-22(24,25)37-21/h2-3,8-11,19H,4-7,12,24-25H2,1H3/t19?,21-/m1/s1. The second-order valence-corrected chi connectivity index (χ2v) is 9.17. The van der Waals surface area contributed by atoms with Crippen molar-refractivity contribution >= 4 is 21.6 Å². The maximum atomic E-state index is 14.0. The summed E-state index contributed by atoms with van der Waals surface area (Å²) < 4.78 is 90.9. The number of rotatable bonds is 7. The molecular weight excluding hydrogens is 503 g/mol. The van der Waals surface area contributed by atoms with Crippen LogP contribution < -0.4 is 9.47 Å². The van der Waals surface area contributed by atoms with Crippen molar-refractivity contribution in [2.24, 2.45) is 0 Å². The van der Waals surface area contributed by atoms with Crippen molar-refractivity contribution in [2.45, 2.75) is 30.1 Å². The van der Waals surface area contributed by atoms with Crippen molar-refractivity contribution in [3.63, 3.8) is 0 Å². The Kier molecular flexibility index (Phi) is 7.46. The minimum Gasteiger partial charge on any atom is -0.493 e. The van der Waals surface area contributed by atoms with Gasteiger partial charge in [-0.1, -0.05) is 0 Å². The van der Waals surface area contributed by atoms with Gasteiger partial charge in [-0.25, -0.2) is 8.78 Å². The molecule has 2 saturated heterocycles. The van der Waals surface area contributed by atoms with Crippen molar-refractivity contribution in [2.75, 3.05) is 33.4 Å². The molecule has 0 aromatic heterocycles. The van der Waals surface area contributed by atoms with E-state index in [-0.39, 0.29) is 49.1 Å². The highest BCUT2D eigenvalue weighted by molar-refractivity contribution is 6.38. The van der Waals surface area contributed by atoms with Crippen LogP contribution in [0.25, 0.3) is 0 Å². The number of carbonyl (C=O) groups excluding carboxylic acids is 1. The number of nitrogens with zero attached hydrogens (tertiary/aromatic N) is 1. The van der Waals surface area contributed by atoms with E-state index in [0.29, 0.717) is 5.56 Å². The molecule has 1 amide bonds. The number of carbonyl (C=O) groups is 1. The number of hydrogen-bond acceptors (Lipinski definition) is 6. The average Bonchev–Trinajstić information content (AvgIpc) is 3.10. The van der Waals surface area contributed by atoms with Gasteiger partial charge in [0.25, 0.3) is 5.91 Å². The van der Waals surface area contributed by atoms with Crippen LogP contribution in [0.15, 0.2) is 36.4 Å². The first-order valence-corrected chi connectivity index (χ1v) is 11.5. The highest BCUT2D eigenvalue weighted by Crippen LogP contribution is 2.47. The Hall–Kier alpha value is -2.83. The summed E-state index contributed by atoms with van der Waals surface area (Å²) in [5, 5.41) is 0. The van der Waals surface area contributed by atoms with Crippen LogP contribution in [0, 0.1) is 11.6 Å².